The number of nitrogens with zero attached hydrogens (tertiary/aromatic N) is 1. The first-order valence-corrected chi connectivity index (χ1v) is 5.99. The van der Waals surface area contributed by atoms with Crippen molar-refractivity contribution in [3.63, 3.8) is 0 Å². The highest BCUT2D eigenvalue weighted by molar-refractivity contribution is 8.01. The van der Waals surface area contributed by atoms with E-state index in [0.29, 0.717) is 11.3 Å². The first kappa shape index (κ1) is 13.2. The Bertz CT molecular complexity index is 453. The van der Waals surface area contributed by atoms with Gasteiger partial charge in [0.05, 0.1) is 4.92 Å². The lowest BCUT2D eigenvalue weighted by Gasteiger charge is -2.06. The van der Waals surface area contributed by atoms with Crippen LogP contribution in [-0.2, 0) is 9.53 Å². The first-order valence-electron chi connectivity index (χ1n) is 4.71. The van der Waals surface area contributed by atoms with E-state index in [4.69, 9.17) is 4.74 Å². The minimum absolute atomic E-state index is 0.0000709. The molecule has 0 aromatic heterocycles. The molecule has 0 radical (unpaired) electrons. The predicted octanol–water partition coefficient (Wildman–Crippen LogP) is 2.82. The second-order valence-electron chi connectivity index (χ2n) is 3.12. The van der Waals surface area contributed by atoms with E-state index in [1.54, 1.807) is 17.5 Å². The molecule has 0 unspecified atom stereocenters. The maximum absolute atomic E-state index is 10.9. The minimum Gasteiger partial charge on any atom is -0.426 e. The highest BCUT2D eigenvalue weighted by Gasteiger charge is 2.09. The molecule has 0 aliphatic carbocycles. The summed E-state index contributed by atoms with van der Waals surface area (Å²) in [6.45, 7) is 1.31. The highest BCUT2D eigenvalue weighted by Crippen LogP contribution is 2.22. The molecule has 1 aromatic rings. The Kier molecular flexibility index (Phi) is 4.71. The van der Waals surface area contributed by atoms with Gasteiger partial charge in [0.25, 0.3) is 5.69 Å². The second kappa shape index (κ2) is 6.05. The average Bonchev–Trinajstić information content (AvgIpc) is 2.28. The summed E-state index contributed by atoms with van der Waals surface area (Å²) in [4.78, 5) is 20.9. The Hall–Kier alpha value is -1.82. The summed E-state index contributed by atoms with van der Waals surface area (Å²) < 4.78 is 5.01. The quantitative estimate of drug-likeness (QED) is 0.357. The number of rotatable bonds is 4. The van der Waals surface area contributed by atoms with Crippen molar-refractivity contribution in [2.75, 3.05) is 6.26 Å². The monoisotopic (exact) mass is 253 g/mol. The summed E-state index contributed by atoms with van der Waals surface area (Å²) in [5.41, 5.74) is 0.625. The number of benzene rings is 1. The van der Waals surface area contributed by atoms with Gasteiger partial charge in [-0.1, -0.05) is 0 Å². The van der Waals surface area contributed by atoms with Crippen molar-refractivity contribution in [1.29, 1.82) is 0 Å². The van der Waals surface area contributed by atoms with Gasteiger partial charge in [0, 0.05) is 30.0 Å². The lowest BCUT2D eigenvalue weighted by Crippen LogP contribution is -1.98. The van der Waals surface area contributed by atoms with Gasteiger partial charge in [-0.3, -0.25) is 14.9 Å². The molecule has 0 aliphatic heterocycles. The fourth-order valence-corrected chi connectivity index (χ4v) is 1.56. The van der Waals surface area contributed by atoms with Gasteiger partial charge in [-0.05, 0) is 18.4 Å². The van der Waals surface area contributed by atoms with Gasteiger partial charge in [-0.15, -0.1) is 11.8 Å². The van der Waals surface area contributed by atoms with Crippen LogP contribution in [0.3, 0.4) is 0 Å². The molecule has 0 aliphatic rings. The van der Waals surface area contributed by atoms with E-state index in [0.717, 1.165) is 0 Å². The van der Waals surface area contributed by atoms with Crippen LogP contribution in [0, 0.1) is 10.1 Å². The minimum atomic E-state index is -0.479. The zero-order valence-corrected chi connectivity index (χ0v) is 10.2. The molecule has 0 saturated heterocycles. The summed E-state index contributed by atoms with van der Waals surface area (Å²) >= 11 is 1.38. The van der Waals surface area contributed by atoms with Crippen LogP contribution in [0.2, 0.25) is 0 Å². The molecule has 0 bridgehead atoms. The van der Waals surface area contributed by atoms with Crippen LogP contribution in [0.1, 0.15) is 12.5 Å². The number of carbonyl (C=O) groups is 1. The number of carbonyl (C=O) groups excluding carboxylic acids is 1. The Balaban J connectivity index is 2.99. The lowest BCUT2D eigenvalue weighted by molar-refractivity contribution is -0.384. The van der Waals surface area contributed by atoms with E-state index >= 15 is 0 Å². The molecule has 0 fully saturated rings. The molecule has 0 N–H and O–H groups in total. The molecule has 0 heterocycles. The first-order chi connectivity index (χ1) is 8.04. The van der Waals surface area contributed by atoms with Gasteiger partial charge in [-0.2, -0.15) is 0 Å². The molecule has 1 aromatic carbocycles. The maximum Gasteiger partial charge on any atom is 0.308 e. The molecule has 5 nitrogen and oxygen atoms in total. The summed E-state index contributed by atoms with van der Waals surface area (Å²) in [6, 6.07) is 5.83. The molecule has 17 heavy (non-hydrogen) atoms. The fraction of sp³-hybridized carbons (Fsp3) is 0.182. The third-order valence-electron chi connectivity index (χ3n) is 1.84. The van der Waals surface area contributed by atoms with Gasteiger partial charge in [-0.25, -0.2) is 0 Å². The Morgan fingerprint density at radius 2 is 2.00 bits per heavy atom. The van der Waals surface area contributed by atoms with Crippen LogP contribution in [0.4, 0.5) is 5.69 Å². The Morgan fingerprint density at radius 1 is 1.41 bits per heavy atom. The molecule has 0 saturated carbocycles. The van der Waals surface area contributed by atoms with Crippen LogP contribution in [0.25, 0.3) is 5.76 Å². The Morgan fingerprint density at radius 3 is 2.41 bits per heavy atom. The smallest absolute Gasteiger partial charge is 0.308 e. The number of nitro benzene ring substituents is 1. The van der Waals surface area contributed by atoms with E-state index in [1.807, 2.05) is 6.26 Å². The lowest BCUT2D eigenvalue weighted by atomic mass is 10.2. The van der Waals surface area contributed by atoms with Crippen LogP contribution >= 0.6 is 11.8 Å². The number of nitro groups is 1. The average molecular weight is 253 g/mol. The molecular formula is C11H11NO4S. The van der Waals surface area contributed by atoms with E-state index in [1.165, 1.54) is 30.8 Å². The maximum atomic E-state index is 10.9. The number of esters is 1. The van der Waals surface area contributed by atoms with Crippen molar-refractivity contribution in [3.8, 4) is 0 Å². The molecule has 90 valence electrons. The number of ether oxygens (including phenoxy) is 1. The van der Waals surface area contributed by atoms with Gasteiger partial charge in [0.2, 0.25) is 0 Å². The fourth-order valence-electron chi connectivity index (χ4n) is 1.16. The summed E-state index contributed by atoms with van der Waals surface area (Å²) in [6.07, 6.45) is 1.83. The molecule has 0 atom stereocenters. The van der Waals surface area contributed by atoms with E-state index < -0.39 is 10.9 Å². The molecular weight excluding hydrogens is 242 g/mol. The standard InChI is InChI=1S/C11H11NO4S/c1-8(13)16-11(7-17-2)9-3-5-10(6-4-9)12(14)15/h3-7H,1-2H3/b11-7-. The molecule has 6 heteroatoms. The summed E-state index contributed by atoms with van der Waals surface area (Å²) in [7, 11) is 0. The van der Waals surface area contributed by atoms with Crippen molar-refractivity contribution in [3.05, 3.63) is 45.4 Å². The SMILES string of the molecule is CS/C=C(\OC(C)=O)c1ccc([N+](=O)[O-])cc1. The zero-order chi connectivity index (χ0) is 12.8. The van der Waals surface area contributed by atoms with Crippen molar-refractivity contribution in [2.45, 2.75) is 6.92 Å². The van der Waals surface area contributed by atoms with Crippen LogP contribution < -0.4 is 0 Å². The summed E-state index contributed by atoms with van der Waals surface area (Å²) in [5.74, 6) is -0.0384. The Labute approximate surface area is 103 Å². The van der Waals surface area contributed by atoms with Gasteiger partial charge < -0.3 is 4.74 Å². The van der Waals surface area contributed by atoms with E-state index in [-0.39, 0.29) is 5.69 Å². The number of hydrogen-bond donors (Lipinski definition) is 0. The largest absolute Gasteiger partial charge is 0.426 e. The van der Waals surface area contributed by atoms with Crippen LogP contribution in [0.5, 0.6) is 0 Å². The second-order valence-corrected chi connectivity index (χ2v) is 3.82. The molecule has 0 spiro atoms. The van der Waals surface area contributed by atoms with Gasteiger partial charge >= 0.3 is 5.97 Å². The van der Waals surface area contributed by atoms with Crippen LogP contribution in [0.15, 0.2) is 29.7 Å². The van der Waals surface area contributed by atoms with Crippen molar-refractivity contribution >= 4 is 29.2 Å². The van der Waals surface area contributed by atoms with Crippen molar-refractivity contribution in [2.24, 2.45) is 0 Å². The van der Waals surface area contributed by atoms with E-state index in [9.17, 15) is 14.9 Å². The molecule has 0 amide bonds. The third-order valence-corrected chi connectivity index (χ3v) is 2.29. The molecule has 1 rings (SSSR count). The topological polar surface area (TPSA) is 69.4 Å². The number of thioether (sulfide) groups is 1. The predicted molar refractivity (Wildman–Crippen MR) is 66.4 cm³/mol. The number of non-ortho nitro benzene ring substituents is 1. The van der Waals surface area contributed by atoms with Crippen molar-refractivity contribution < 1.29 is 14.5 Å². The zero-order valence-electron chi connectivity index (χ0n) is 9.38. The van der Waals surface area contributed by atoms with Gasteiger partial charge in [0.1, 0.15) is 5.76 Å². The van der Waals surface area contributed by atoms with Gasteiger partial charge in [0.15, 0.2) is 0 Å². The van der Waals surface area contributed by atoms with Crippen molar-refractivity contribution in [1.82, 2.24) is 0 Å². The summed E-state index contributed by atoms with van der Waals surface area (Å²) in [5, 5.41) is 12.2. The number of hydrogen-bond acceptors (Lipinski definition) is 5. The van der Waals surface area contributed by atoms with Crippen LogP contribution in [-0.4, -0.2) is 17.1 Å². The highest BCUT2D eigenvalue weighted by atomic mass is 32.2. The normalized spacial score (nSPS) is 11.1. The third kappa shape index (κ3) is 3.92. The van der Waals surface area contributed by atoms with E-state index in [2.05, 4.69) is 0 Å².